The number of rotatable bonds is 5. The highest BCUT2D eigenvalue weighted by Gasteiger charge is 2.22. The molecule has 0 saturated carbocycles. The zero-order chi connectivity index (χ0) is 22.4. The first-order valence-corrected chi connectivity index (χ1v) is 10.4. The van der Waals surface area contributed by atoms with Crippen LogP contribution < -0.4 is 16.0 Å². The molecule has 0 bridgehead atoms. The van der Waals surface area contributed by atoms with Crippen molar-refractivity contribution in [1.29, 1.82) is 0 Å². The Hall–Kier alpha value is -3.06. The highest BCUT2D eigenvalue weighted by molar-refractivity contribution is 6.30. The second-order valence-electron chi connectivity index (χ2n) is 8.00. The molecular formula is C23H23ClFN3O3. The van der Waals surface area contributed by atoms with E-state index in [9.17, 15) is 14.0 Å². The molecule has 4 aromatic rings. The van der Waals surface area contributed by atoms with Crippen LogP contribution >= 0.6 is 11.6 Å². The van der Waals surface area contributed by atoms with Crippen LogP contribution in [-0.4, -0.2) is 20.8 Å². The van der Waals surface area contributed by atoms with Crippen LogP contribution in [-0.2, 0) is 13.6 Å². The zero-order valence-corrected chi connectivity index (χ0v) is 18.5. The Kier molecular flexibility index (Phi) is 5.39. The fourth-order valence-corrected chi connectivity index (χ4v) is 4.08. The number of aryl methyl sites for hydroxylation is 2. The van der Waals surface area contributed by atoms with Gasteiger partial charge in [0.1, 0.15) is 17.1 Å². The van der Waals surface area contributed by atoms with E-state index in [2.05, 4.69) is 13.8 Å². The highest BCUT2D eigenvalue weighted by Crippen LogP contribution is 2.29. The van der Waals surface area contributed by atoms with Crippen LogP contribution in [0.5, 0.6) is 5.75 Å². The van der Waals surface area contributed by atoms with Crippen LogP contribution in [0.25, 0.3) is 27.6 Å². The summed E-state index contributed by atoms with van der Waals surface area (Å²) in [5.74, 6) is 0.376. The van der Waals surface area contributed by atoms with E-state index >= 15 is 0 Å². The average molecular weight is 444 g/mol. The first-order chi connectivity index (χ1) is 14.7. The van der Waals surface area contributed by atoms with Gasteiger partial charge < -0.3 is 9.30 Å². The van der Waals surface area contributed by atoms with Crippen molar-refractivity contribution in [2.24, 2.45) is 13.0 Å². The Morgan fingerprint density at radius 1 is 1.10 bits per heavy atom. The number of ether oxygens (including phenoxy) is 1. The van der Waals surface area contributed by atoms with Gasteiger partial charge in [0, 0.05) is 19.0 Å². The number of nitrogens with zero attached hydrogens (tertiary/aromatic N) is 3. The SMILES string of the molecule is COc1ccc2c(c1)c1c(c(=O)n(-c3ccc(F)c(Cl)c3)c(=O)n1CCC(C)C)n2C. The Labute approximate surface area is 183 Å². The molecule has 0 unspecified atom stereocenters. The molecule has 0 aliphatic carbocycles. The molecule has 2 heterocycles. The van der Waals surface area contributed by atoms with Crippen LogP contribution in [0.2, 0.25) is 5.02 Å². The first-order valence-electron chi connectivity index (χ1n) is 10.0. The van der Waals surface area contributed by atoms with E-state index in [1.807, 2.05) is 18.2 Å². The Morgan fingerprint density at radius 3 is 2.48 bits per heavy atom. The maximum Gasteiger partial charge on any atom is 0.336 e. The van der Waals surface area contributed by atoms with E-state index in [1.165, 1.54) is 12.1 Å². The van der Waals surface area contributed by atoms with Crippen molar-refractivity contribution in [1.82, 2.24) is 13.7 Å². The van der Waals surface area contributed by atoms with E-state index in [0.717, 1.165) is 28.0 Å². The average Bonchev–Trinajstić information content (AvgIpc) is 3.02. The molecule has 0 amide bonds. The summed E-state index contributed by atoms with van der Waals surface area (Å²) >= 11 is 5.94. The van der Waals surface area contributed by atoms with Gasteiger partial charge >= 0.3 is 5.69 Å². The van der Waals surface area contributed by atoms with E-state index in [4.69, 9.17) is 16.3 Å². The monoisotopic (exact) mass is 443 g/mol. The molecule has 0 atom stereocenters. The lowest BCUT2D eigenvalue weighted by Crippen LogP contribution is -2.39. The minimum atomic E-state index is -0.614. The summed E-state index contributed by atoms with van der Waals surface area (Å²) < 4.78 is 23.5. The maximum absolute atomic E-state index is 13.7. The summed E-state index contributed by atoms with van der Waals surface area (Å²) in [6.07, 6.45) is 0.748. The molecule has 31 heavy (non-hydrogen) atoms. The Balaban J connectivity index is 2.17. The third-order valence-corrected chi connectivity index (χ3v) is 5.86. The van der Waals surface area contributed by atoms with Crippen LogP contribution in [0.1, 0.15) is 20.3 Å². The Morgan fingerprint density at radius 2 is 1.84 bits per heavy atom. The molecule has 2 aromatic heterocycles. The minimum Gasteiger partial charge on any atom is -0.497 e. The van der Waals surface area contributed by atoms with Crippen LogP contribution in [0.4, 0.5) is 4.39 Å². The third-order valence-electron chi connectivity index (χ3n) is 5.57. The molecule has 162 valence electrons. The summed E-state index contributed by atoms with van der Waals surface area (Å²) in [5, 5.41) is 0.610. The van der Waals surface area contributed by atoms with E-state index in [0.29, 0.717) is 29.2 Å². The molecule has 6 nitrogen and oxygen atoms in total. The molecule has 4 rings (SSSR count). The summed E-state index contributed by atoms with van der Waals surface area (Å²) in [7, 11) is 3.36. The number of methoxy groups -OCH3 is 1. The smallest absolute Gasteiger partial charge is 0.336 e. The molecule has 2 aromatic carbocycles. The molecule has 0 N–H and O–H groups in total. The third kappa shape index (κ3) is 3.43. The zero-order valence-electron chi connectivity index (χ0n) is 17.8. The van der Waals surface area contributed by atoms with Crippen molar-refractivity contribution in [3.8, 4) is 11.4 Å². The molecule has 0 spiro atoms. The number of fused-ring (bicyclic) bond motifs is 3. The van der Waals surface area contributed by atoms with Gasteiger partial charge in [-0.25, -0.2) is 13.8 Å². The molecule has 0 fully saturated rings. The maximum atomic E-state index is 13.7. The lowest BCUT2D eigenvalue weighted by molar-refractivity contribution is 0.415. The number of halogens is 2. The molecule has 8 heteroatoms. The highest BCUT2D eigenvalue weighted by atomic mass is 35.5. The van der Waals surface area contributed by atoms with Crippen LogP contribution in [0.15, 0.2) is 46.0 Å². The Bertz CT molecular complexity index is 1430. The largest absolute Gasteiger partial charge is 0.497 e. The lowest BCUT2D eigenvalue weighted by atomic mass is 10.1. The van der Waals surface area contributed by atoms with Crippen molar-refractivity contribution in [3.63, 3.8) is 0 Å². The van der Waals surface area contributed by atoms with Gasteiger partial charge in [0.25, 0.3) is 5.56 Å². The van der Waals surface area contributed by atoms with E-state index in [1.54, 1.807) is 23.3 Å². The first kappa shape index (κ1) is 21.2. The number of hydrogen-bond donors (Lipinski definition) is 0. The number of hydrogen-bond acceptors (Lipinski definition) is 3. The predicted molar refractivity (Wildman–Crippen MR) is 121 cm³/mol. The van der Waals surface area contributed by atoms with Crippen LogP contribution in [0, 0.1) is 11.7 Å². The normalized spacial score (nSPS) is 11.7. The fraction of sp³-hybridized carbons (Fsp3) is 0.304. The van der Waals surface area contributed by atoms with Gasteiger partial charge in [-0.05, 0) is 48.7 Å². The second kappa shape index (κ2) is 7.89. The predicted octanol–water partition coefficient (Wildman–Crippen LogP) is 4.49. The minimum absolute atomic E-state index is 0.153. The molecule has 0 radical (unpaired) electrons. The number of benzene rings is 2. The summed E-state index contributed by atoms with van der Waals surface area (Å²) in [5.41, 5.74) is 1.01. The van der Waals surface area contributed by atoms with Gasteiger partial charge in [-0.1, -0.05) is 25.4 Å². The van der Waals surface area contributed by atoms with Gasteiger partial charge in [-0.3, -0.25) is 9.36 Å². The molecule has 0 saturated heterocycles. The summed E-state index contributed by atoms with van der Waals surface area (Å²) in [6.45, 7) is 4.58. The molecule has 0 aliphatic heterocycles. The lowest BCUT2D eigenvalue weighted by Gasteiger charge is -2.14. The van der Waals surface area contributed by atoms with Crippen LogP contribution in [0.3, 0.4) is 0 Å². The topological polar surface area (TPSA) is 58.2 Å². The van der Waals surface area contributed by atoms with Crippen molar-refractivity contribution < 1.29 is 9.13 Å². The van der Waals surface area contributed by atoms with Crippen molar-refractivity contribution in [2.45, 2.75) is 26.8 Å². The van der Waals surface area contributed by atoms with Gasteiger partial charge in [-0.15, -0.1) is 0 Å². The van der Waals surface area contributed by atoms with Gasteiger partial charge in [0.15, 0.2) is 0 Å². The van der Waals surface area contributed by atoms with Crippen molar-refractivity contribution in [3.05, 3.63) is 68.1 Å². The van der Waals surface area contributed by atoms with E-state index in [-0.39, 0.29) is 10.7 Å². The fourth-order valence-electron chi connectivity index (χ4n) is 3.90. The van der Waals surface area contributed by atoms with Gasteiger partial charge in [-0.2, -0.15) is 0 Å². The van der Waals surface area contributed by atoms with Crippen molar-refractivity contribution >= 4 is 33.5 Å². The van der Waals surface area contributed by atoms with Gasteiger partial charge in [0.2, 0.25) is 0 Å². The van der Waals surface area contributed by atoms with Gasteiger partial charge in [0.05, 0.1) is 28.9 Å². The second-order valence-corrected chi connectivity index (χ2v) is 8.40. The van der Waals surface area contributed by atoms with Crippen molar-refractivity contribution in [2.75, 3.05) is 7.11 Å². The quantitative estimate of drug-likeness (QED) is 0.456. The summed E-state index contributed by atoms with van der Waals surface area (Å²) in [6, 6.07) is 9.35. The standard InChI is InChI=1S/C23H23ClFN3O3/c1-13(2)9-10-27-20-16-12-15(31-4)6-8-19(16)26(3)21(20)22(29)28(23(27)30)14-5-7-18(25)17(24)11-14/h5-8,11-13H,9-10H2,1-4H3. The summed E-state index contributed by atoms with van der Waals surface area (Å²) in [4.78, 5) is 27.1. The number of aromatic nitrogens is 3. The van der Waals surface area contributed by atoms with E-state index < -0.39 is 17.1 Å². The molecular weight excluding hydrogens is 421 g/mol. The molecule has 0 aliphatic rings.